The molecule has 4 rings (SSSR count). The van der Waals surface area contributed by atoms with Gasteiger partial charge in [-0.1, -0.05) is 23.7 Å². The average molecular weight is 410 g/mol. The lowest BCUT2D eigenvalue weighted by atomic mass is 10.1. The van der Waals surface area contributed by atoms with Crippen LogP contribution in [0.25, 0.3) is 22.4 Å². The van der Waals surface area contributed by atoms with E-state index in [2.05, 4.69) is 15.5 Å². The zero-order valence-corrected chi connectivity index (χ0v) is 16.1. The van der Waals surface area contributed by atoms with E-state index in [1.54, 1.807) is 18.2 Å². The quantitative estimate of drug-likeness (QED) is 0.264. The van der Waals surface area contributed by atoms with Crippen molar-refractivity contribution in [2.75, 3.05) is 5.43 Å². The fourth-order valence-corrected chi connectivity index (χ4v) is 3.20. The van der Waals surface area contributed by atoms with Gasteiger partial charge in [0.05, 0.1) is 22.2 Å². The number of aromatic nitrogens is 2. The SMILES string of the molecule is CCn1c(N/N=C\c2ccc(-c3ccc(Cl)c([N+](=O)[O-])c3)o2)nc2ccccc21. The molecular formula is C20H16ClN5O3. The van der Waals surface area contributed by atoms with Gasteiger partial charge < -0.3 is 8.98 Å². The van der Waals surface area contributed by atoms with Crippen LogP contribution in [0.15, 0.2) is 64.1 Å². The number of para-hydroxylation sites is 2. The fraction of sp³-hybridized carbons (Fsp3) is 0.100. The molecule has 0 fully saturated rings. The highest BCUT2D eigenvalue weighted by Crippen LogP contribution is 2.31. The van der Waals surface area contributed by atoms with Gasteiger partial charge in [-0.05, 0) is 43.3 Å². The van der Waals surface area contributed by atoms with Gasteiger partial charge in [-0.25, -0.2) is 10.4 Å². The third-order valence-corrected chi connectivity index (χ3v) is 4.70. The van der Waals surface area contributed by atoms with E-state index in [1.165, 1.54) is 18.3 Å². The summed E-state index contributed by atoms with van der Waals surface area (Å²) in [6, 6.07) is 15.8. The van der Waals surface area contributed by atoms with Crippen LogP contribution in [0.3, 0.4) is 0 Å². The first-order chi connectivity index (χ1) is 14.1. The van der Waals surface area contributed by atoms with Crippen LogP contribution in [-0.2, 0) is 6.54 Å². The number of imidazole rings is 1. The van der Waals surface area contributed by atoms with E-state index >= 15 is 0 Å². The minimum atomic E-state index is -0.527. The number of benzene rings is 2. The molecule has 2 aromatic heterocycles. The number of halogens is 1. The first-order valence-corrected chi connectivity index (χ1v) is 9.23. The molecule has 29 heavy (non-hydrogen) atoms. The molecule has 4 aromatic rings. The van der Waals surface area contributed by atoms with Crippen molar-refractivity contribution in [2.24, 2.45) is 5.10 Å². The third kappa shape index (κ3) is 3.70. The van der Waals surface area contributed by atoms with Crippen molar-refractivity contribution in [3.05, 3.63) is 75.5 Å². The van der Waals surface area contributed by atoms with E-state index in [9.17, 15) is 10.1 Å². The summed E-state index contributed by atoms with van der Waals surface area (Å²) in [4.78, 5) is 15.1. The highest BCUT2D eigenvalue weighted by molar-refractivity contribution is 6.32. The standard InChI is InChI=1S/C20H16ClN5O3/c1-2-25-17-6-4-3-5-16(17)23-20(25)24-22-12-14-8-10-19(29-14)13-7-9-15(21)18(11-13)26(27)28/h3-12H,2H2,1H3,(H,23,24)/b22-12-. The smallest absolute Gasteiger partial charge is 0.288 e. The lowest BCUT2D eigenvalue weighted by Gasteiger charge is -2.04. The van der Waals surface area contributed by atoms with Crippen molar-refractivity contribution in [3.8, 4) is 11.3 Å². The number of nitro benzene ring substituents is 1. The molecule has 8 nitrogen and oxygen atoms in total. The molecule has 0 unspecified atom stereocenters. The van der Waals surface area contributed by atoms with Gasteiger partial charge in [-0.2, -0.15) is 5.10 Å². The Morgan fingerprint density at radius 1 is 1.28 bits per heavy atom. The summed E-state index contributed by atoms with van der Waals surface area (Å²) in [7, 11) is 0. The lowest BCUT2D eigenvalue weighted by Crippen LogP contribution is -2.01. The van der Waals surface area contributed by atoms with Crippen LogP contribution in [0.4, 0.5) is 11.6 Å². The van der Waals surface area contributed by atoms with Crippen molar-refractivity contribution in [3.63, 3.8) is 0 Å². The highest BCUT2D eigenvalue weighted by Gasteiger charge is 2.15. The number of nitro groups is 1. The topological polar surface area (TPSA) is 98.5 Å². The number of hydrogen-bond acceptors (Lipinski definition) is 6. The Kier molecular flexibility index (Phi) is 5.01. The maximum absolute atomic E-state index is 11.1. The van der Waals surface area contributed by atoms with Crippen molar-refractivity contribution < 1.29 is 9.34 Å². The second kappa shape index (κ2) is 7.76. The Labute approximate surface area is 170 Å². The Morgan fingerprint density at radius 2 is 2.10 bits per heavy atom. The largest absolute Gasteiger partial charge is 0.455 e. The van der Waals surface area contributed by atoms with Crippen LogP contribution >= 0.6 is 11.6 Å². The zero-order valence-electron chi connectivity index (χ0n) is 15.4. The van der Waals surface area contributed by atoms with Gasteiger partial charge in [0.25, 0.3) is 5.69 Å². The Bertz CT molecular complexity index is 1230. The van der Waals surface area contributed by atoms with E-state index in [4.69, 9.17) is 16.0 Å². The molecule has 2 aromatic carbocycles. The minimum Gasteiger partial charge on any atom is -0.455 e. The van der Waals surface area contributed by atoms with Crippen LogP contribution in [0.2, 0.25) is 5.02 Å². The number of fused-ring (bicyclic) bond motifs is 1. The third-order valence-electron chi connectivity index (χ3n) is 4.38. The molecule has 0 aliphatic carbocycles. The predicted molar refractivity (Wildman–Crippen MR) is 112 cm³/mol. The monoisotopic (exact) mass is 409 g/mol. The van der Waals surface area contributed by atoms with Crippen molar-refractivity contribution in [1.29, 1.82) is 0 Å². The van der Waals surface area contributed by atoms with Crippen molar-refractivity contribution in [2.45, 2.75) is 13.5 Å². The molecule has 1 N–H and O–H groups in total. The van der Waals surface area contributed by atoms with Gasteiger partial charge in [0.15, 0.2) is 0 Å². The van der Waals surface area contributed by atoms with Gasteiger partial charge >= 0.3 is 0 Å². The van der Waals surface area contributed by atoms with Crippen LogP contribution in [0, 0.1) is 10.1 Å². The molecule has 0 aliphatic heterocycles. The summed E-state index contributed by atoms with van der Waals surface area (Å²) in [5.41, 5.74) is 5.23. The molecule has 9 heteroatoms. The van der Waals surface area contributed by atoms with Gasteiger partial charge in [-0.15, -0.1) is 0 Å². The van der Waals surface area contributed by atoms with Gasteiger partial charge in [-0.3, -0.25) is 10.1 Å². The number of hydrogen-bond donors (Lipinski definition) is 1. The van der Waals surface area contributed by atoms with E-state index in [-0.39, 0.29) is 10.7 Å². The molecule has 2 heterocycles. The zero-order chi connectivity index (χ0) is 20.4. The Hall–Kier alpha value is -3.65. The molecule has 146 valence electrons. The molecule has 0 bridgehead atoms. The normalized spacial score (nSPS) is 11.4. The molecule has 0 amide bonds. The maximum atomic E-state index is 11.1. The molecule has 0 atom stereocenters. The van der Waals surface area contributed by atoms with E-state index in [0.717, 1.165) is 17.6 Å². The molecule has 0 saturated heterocycles. The number of rotatable bonds is 6. The Balaban J connectivity index is 1.54. The first kappa shape index (κ1) is 18.7. The number of aryl methyl sites for hydroxylation is 1. The fourth-order valence-electron chi connectivity index (χ4n) is 3.02. The molecule has 0 aliphatic rings. The van der Waals surface area contributed by atoms with Crippen molar-refractivity contribution >= 4 is 40.5 Å². The summed E-state index contributed by atoms with van der Waals surface area (Å²) in [6.45, 7) is 2.78. The second-order valence-corrected chi connectivity index (χ2v) is 6.57. The number of nitrogens with one attached hydrogen (secondary N) is 1. The van der Waals surface area contributed by atoms with Crippen LogP contribution in [0.1, 0.15) is 12.7 Å². The number of anilines is 1. The first-order valence-electron chi connectivity index (χ1n) is 8.85. The molecular weight excluding hydrogens is 394 g/mol. The summed E-state index contributed by atoms with van der Waals surface area (Å²) in [5, 5.41) is 15.3. The molecule has 0 radical (unpaired) electrons. The summed E-state index contributed by atoms with van der Waals surface area (Å²) in [6.07, 6.45) is 1.52. The minimum absolute atomic E-state index is 0.0788. The van der Waals surface area contributed by atoms with Gasteiger partial charge in [0, 0.05) is 18.2 Å². The number of hydrazone groups is 1. The second-order valence-electron chi connectivity index (χ2n) is 6.16. The van der Waals surface area contributed by atoms with Crippen molar-refractivity contribution in [1.82, 2.24) is 9.55 Å². The molecule has 0 saturated carbocycles. The number of nitrogens with zero attached hydrogens (tertiary/aromatic N) is 4. The van der Waals surface area contributed by atoms with E-state index < -0.39 is 4.92 Å². The summed E-state index contributed by atoms with van der Waals surface area (Å²) < 4.78 is 7.74. The van der Waals surface area contributed by atoms with Crippen LogP contribution in [0.5, 0.6) is 0 Å². The van der Waals surface area contributed by atoms with Crippen LogP contribution < -0.4 is 5.43 Å². The summed E-state index contributed by atoms with van der Waals surface area (Å²) >= 11 is 5.85. The van der Waals surface area contributed by atoms with Crippen LogP contribution in [-0.4, -0.2) is 20.7 Å². The van der Waals surface area contributed by atoms with Gasteiger partial charge in [0.1, 0.15) is 16.5 Å². The maximum Gasteiger partial charge on any atom is 0.288 e. The lowest BCUT2D eigenvalue weighted by molar-refractivity contribution is -0.384. The summed E-state index contributed by atoms with van der Waals surface area (Å²) in [5.74, 6) is 1.60. The predicted octanol–water partition coefficient (Wildman–Crippen LogP) is 5.32. The highest BCUT2D eigenvalue weighted by atomic mass is 35.5. The van der Waals surface area contributed by atoms with E-state index in [0.29, 0.717) is 23.0 Å². The van der Waals surface area contributed by atoms with Gasteiger partial charge in [0.2, 0.25) is 5.95 Å². The average Bonchev–Trinajstić information content (AvgIpc) is 3.32. The molecule has 0 spiro atoms. The van der Waals surface area contributed by atoms with E-state index in [1.807, 2.05) is 35.8 Å². The number of furan rings is 1. The Morgan fingerprint density at radius 3 is 2.90 bits per heavy atom.